The summed E-state index contributed by atoms with van der Waals surface area (Å²) in [5, 5.41) is 3.27. The van der Waals surface area contributed by atoms with Crippen molar-refractivity contribution in [3.8, 4) is 0 Å². The second-order valence-electron chi connectivity index (χ2n) is 3.95. The molecule has 1 aromatic carbocycles. The van der Waals surface area contributed by atoms with Gasteiger partial charge in [0.2, 0.25) is 0 Å². The van der Waals surface area contributed by atoms with Crippen LogP contribution >= 0.6 is 22.6 Å². The summed E-state index contributed by atoms with van der Waals surface area (Å²) in [4.78, 5) is 11.6. The van der Waals surface area contributed by atoms with Crippen LogP contribution in [0.4, 0.5) is 0 Å². The van der Waals surface area contributed by atoms with Crippen LogP contribution in [0.25, 0.3) is 0 Å². The number of hydrogen-bond acceptors (Lipinski definition) is 2. The molecule has 2 rings (SSSR count). The van der Waals surface area contributed by atoms with Gasteiger partial charge in [-0.2, -0.15) is 0 Å². The average molecular weight is 315 g/mol. The van der Waals surface area contributed by atoms with E-state index in [2.05, 4.69) is 52.2 Å². The van der Waals surface area contributed by atoms with Gasteiger partial charge in [-0.15, -0.1) is 0 Å². The Kier molecular flexibility index (Phi) is 3.75. The summed E-state index contributed by atoms with van der Waals surface area (Å²) >= 11 is 2.29. The van der Waals surface area contributed by atoms with E-state index >= 15 is 0 Å². The molecular weight excluding hydrogens is 301 g/mol. The van der Waals surface area contributed by atoms with Crippen LogP contribution in [0, 0.1) is 9.49 Å². The molecule has 0 amide bonds. The van der Waals surface area contributed by atoms with E-state index in [1.165, 1.54) is 9.13 Å². The van der Waals surface area contributed by atoms with Crippen molar-refractivity contribution in [3.63, 3.8) is 0 Å². The molecule has 1 fully saturated rings. The molecule has 80 valence electrons. The minimum Gasteiger partial charge on any atom is -0.316 e. The van der Waals surface area contributed by atoms with Gasteiger partial charge in [0.05, 0.1) is 0 Å². The highest BCUT2D eigenvalue weighted by Gasteiger charge is 2.21. The quantitative estimate of drug-likeness (QED) is 0.846. The molecule has 3 heteroatoms. The van der Waals surface area contributed by atoms with Crippen LogP contribution in [0.15, 0.2) is 24.3 Å². The van der Waals surface area contributed by atoms with Gasteiger partial charge in [0.1, 0.15) is 5.78 Å². The van der Waals surface area contributed by atoms with E-state index in [0.29, 0.717) is 12.2 Å². The van der Waals surface area contributed by atoms with Gasteiger partial charge in [0.25, 0.3) is 0 Å². The molecule has 15 heavy (non-hydrogen) atoms. The molecule has 0 radical (unpaired) electrons. The third kappa shape index (κ3) is 3.01. The fourth-order valence-corrected chi connectivity index (χ4v) is 2.26. The van der Waals surface area contributed by atoms with E-state index in [0.717, 1.165) is 19.5 Å². The number of carbonyl (C=O) groups is 1. The molecule has 2 nitrogen and oxygen atoms in total. The number of halogens is 1. The van der Waals surface area contributed by atoms with E-state index in [-0.39, 0.29) is 5.92 Å². The zero-order valence-corrected chi connectivity index (χ0v) is 10.7. The smallest absolute Gasteiger partial charge is 0.138 e. The van der Waals surface area contributed by atoms with E-state index in [1.54, 1.807) is 0 Å². The molecule has 0 aromatic heterocycles. The maximum absolute atomic E-state index is 11.6. The lowest BCUT2D eigenvalue weighted by molar-refractivity contribution is -0.123. The molecule has 0 saturated carbocycles. The highest BCUT2D eigenvalue weighted by molar-refractivity contribution is 14.1. The van der Waals surface area contributed by atoms with Crippen molar-refractivity contribution in [1.29, 1.82) is 0 Å². The van der Waals surface area contributed by atoms with Crippen LogP contribution in [-0.4, -0.2) is 18.9 Å². The highest BCUT2D eigenvalue weighted by atomic mass is 127. The van der Waals surface area contributed by atoms with Crippen molar-refractivity contribution in [2.45, 2.75) is 12.8 Å². The highest BCUT2D eigenvalue weighted by Crippen LogP contribution is 2.15. The van der Waals surface area contributed by atoms with E-state index < -0.39 is 0 Å². The van der Waals surface area contributed by atoms with Gasteiger partial charge in [-0.3, -0.25) is 4.79 Å². The molecule has 1 atom stereocenters. The number of Topliss-reactive ketones (excluding diaryl/α,β-unsaturated/α-hetero) is 1. The molecule has 1 aliphatic rings. The van der Waals surface area contributed by atoms with Gasteiger partial charge in [0, 0.05) is 29.0 Å². The van der Waals surface area contributed by atoms with Crippen molar-refractivity contribution in [2.75, 3.05) is 13.1 Å². The van der Waals surface area contributed by atoms with E-state index in [4.69, 9.17) is 0 Å². The Morgan fingerprint density at radius 1 is 1.33 bits per heavy atom. The first-order valence-electron chi connectivity index (χ1n) is 5.23. The summed E-state index contributed by atoms with van der Waals surface area (Å²) in [7, 11) is 0. The fraction of sp³-hybridized carbons (Fsp3) is 0.417. The lowest BCUT2D eigenvalue weighted by atomic mass is 9.91. The zero-order chi connectivity index (χ0) is 10.7. The largest absolute Gasteiger partial charge is 0.316 e. The number of hydrogen-bond donors (Lipinski definition) is 1. The predicted molar refractivity (Wildman–Crippen MR) is 68.8 cm³/mol. The molecule has 1 aromatic rings. The molecular formula is C12H14INO. The van der Waals surface area contributed by atoms with Crippen LogP contribution in [0.5, 0.6) is 0 Å². The first-order valence-corrected chi connectivity index (χ1v) is 6.31. The van der Waals surface area contributed by atoms with Gasteiger partial charge in [-0.05, 0) is 46.7 Å². The van der Waals surface area contributed by atoms with Crippen molar-refractivity contribution >= 4 is 28.4 Å². The van der Waals surface area contributed by atoms with Crippen LogP contribution < -0.4 is 5.32 Å². The molecule has 1 N–H and O–H groups in total. The number of benzene rings is 1. The predicted octanol–water partition coefficient (Wildman–Crippen LogP) is 2.01. The third-order valence-corrected chi connectivity index (χ3v) is 3.51. The lowest BCUT2D eigenvalue weighted by Gasteiger charge is -2.21. The maximum atomic E-state index is 11.6. The summed E-state index contributed by atoms with van der Waals surface area (Å²) in [6, 6.07) is 8.42. The number of ketones is 1. The Morgan fingerprint density at radius 2 is 2.07 bits per heavy atom. The average Bonchev–Trinajstić information content (AvgIpc) is 2.25. The van der Waals surface area contributed by atoms with Crippen LogP contribution in [0.1, 0.15) is 12.0 Å². The molecule has 0 spiro atoms. The topological polar surface area (TPSA) is 29.1 Å². The number of piperidine rings is 1. The number of nitrogens with one attached hydrogen (secondary N) is 1. The first-order chi connectivity index (χ1) is 7.25. The van der Waals surface area contributed by atoms with Crippen molar-refractivity contribution in [1.82, 2.24) is 5.32 Å². The molecule has 0 aliphatic carbocycles. The SMILES string of the molecule is O=C1CCNCC1Cc1ccc(I)cc1. The monoisotopic (exact) mass is 315 g/mol. The third-order valence-electron chi connectivity index (χ3n) is 2.79. The van der Waals surface area contributed by atoms with Gasteiger partial charge in [-0.1, -0.05) is 12.1 Å². The Morgan fingerprint density at radius 3 is 2.73 bits per heavy atom. The van der Waals surface area contributed by atoms with Crippen LogP contribution in [0.3, 0.4) is 0 Å². The molecule has 1 aliphatic heterocycles. The Hall–Kier alpha value is -0.420. The minimum absolute atomic E-state index is 0.179. The number of rotatable bonds is 2. The maximum Gasteiger partial charge on any atom is 0.138 e. The Balaban J connectivity index is 2.01. The van der Waals surface area contributed by atoms with E-state index in [9.17, 15) is 4.79 Å². The van der Waals surface area contributed by atoms with Gasteiger partial charge >= 0.3 is 0 Å². The second-order valence-corrected chi connectivity index (χ2v) is 5.19. The molecule has 1 heterocycles. The van der Waals surface area contributed by atoms with E-state index in [1.807, 2.05) is 0 Å². The molecule has 0 bridgehead atoms. The van der Waals surface area contributed by atoms with Crippen LogP contribution in [0.2, 0.25) is 0 Å². The number of carbonyl (C=O) groups excluding carboxylic acids is 1. The van der Waals surface area contributed by atoms with Gasteiger partial charge < -0.3 is 5.32 Å². The Labute approximate surface area is 104 Å². The zero-order valence-electron chi connectivity index (χ0n) is 8.50. The van der Waals surface area contributed by atoms with Crippen LogP contribution in [-0.2, 0) is 11.2 Å². The molecule has 1 unspecified atom stereocenters. The fourth-order valence-electron chi connectivity index (χ4n) is 1.90. The van der Waals surface area contributed by atoms with Gasteiger partial charge in [-0.25, -0.2) is 0 Å². The Bertz CT molecular complexity index is 347. The van der Waals surface area contributed by atoms with Crippen molar-refractivity contribution < 1.29 is 4.79 Å². The lowest BCUT2D eigenvalue weighted by Crippen LogP contribution is -2.37. The normalized spacial score (nSPS) is 21.7. The standard InChI is InChI=1S/C12H14INO/c13-11-3-1-9(2-4-11)7-10-8-14-6-5-12(10)15/h1-4,10,14H,5-8H2. The van der Waals surface area contributed by atoms with Crippen molar-refractivity contribution in [2.24, 2.45) is 5.92 Å². The summed E-state index contributed by atoms with van der Waals surface area (Å²) < 4.78 is 1.24. The van der Waals surface area contributed by atoms with Gasteiger partial charge in [0.15, 0.2) is 0 Å². The summed E-state index contributed by atoms with van der Waals surface area (Å²) in [5.41, 5.74) is 1.26. The van der Waals surface area contributed by atoms with Crippen molar-refractivity contribution in [3.05, 3.63) is 33.4 Å². The summed E-state index contributed by atoms with van der Waals surface area (Å²) in [6.45, 7) is 1.69. The summed E-state index contributed by atoms with van der Waals surface area (Å²) in [5.74, 6) is 0.589. The molecule has 1 saturated heterocycles. The summed E-state index contributed by atoms with van der Waals surface area (Å²) in [6.07, 6.45) is 1.57. The minimum atomic E-state index is 0.179. The second kappa shape index (κ2) is 5.07. The first kappa shape index (κ1) is 11.1.